The second-order valence-corrected chi connectivity index (χ2v) is 8.43. The van der Waals surface area contributed by atoms with Gasteiger partial charge in [0.25, 0.3) is 0 Å². The molecule has 1 atom stereocenters. The number of aromatic nitrogens is 3. The van der Waals surface area contributed by atoms with E-state index in [1.54, 1.807) is 27.3 Å². The van der Waals surface area contributed by atoms with Crippen molar-refractivity contribution in [3.63, 3.8) is 0 Å². The number of hydrogen-bond acceptors (Lipinski definition) is 9. The van der Waals surface area contributed by atoms with Crippen LogP contribution >= 0.6 is 0 Å². The fraction of sp³-hybridized carbons (Fsp3) is 0.500. The highest BCUT2D eigenvalue weighted by Crippen LogP contribution is 2.32. The number of ether oxygens (including phenoxy) is 3. The zero-order chi connectivity index (χ0) is 24.7. The Morgan fingerprint density at radius 3 is 2.59 bits per heavy atom. The molecule has 0 bridgehead atoms. The van der Waals surface area contributed by atoms with E-state index in [-0.39, 0.29) is 12.5 Å². The molecule has 0 radical (unpaired) electrons. The molecule has 34 heavy (non-hydrogen) atoms. The lowest BCUT2D eigenvalue weighted by molar-refractivity contribution is 0.206. The fourth-order valence-electron chi connectivity index (χ4n) is 3.61. The van der Waals surface area contributed by atoms with Crippen LogP contribution in [-0.2, 0) is 4.74 Å². The average Bonchev–Trinajstić information content (AvgIpc) is 3.28. The van der Waals surface area contributed by atoms with Crippen molar-refractivity contribution in [1.82, 2.24) is 19.9 Å². The summed E-state index contributed by atoms with van der Waals surface area (Å²) in [5, 5.41) is 10.7. The quantitative estimate of drug-likeness (QED) is 0.380. The van der Waals surface area contributed by atoms with E-state index in [2.05, 4.69) is 34.3 Å². The van der Waals surface area contributed by atoms with Crippen molar-refractivity contribution in [2.45, 2.75) is 25.8 Å². The summed E-state index contributed by atoms with van der Waals surface area (Å²) in [4.78, 5) is 18.1. The summed E-state index contributed by atoms with van der Waals surface area (Å²) in [6.07, 6.45) is 1.87. The van der Waals surface area contributed by atoms with Crippen LogP contribution in [-0.4, -0.2) is 75.3 Å². The van der Waals surface area contributed by atoms with Crippen LogP contribution < -0.4 is 19.7 Å². The predicted octanol–water partition coefficient (Wildman–Crippen LogP) is 3.34. The fourth-order valence-corrected chi connectivity index (χ4v) is 3.61. The maximum absolute atomic E-state index is 11.1. The molecule has 0 spiro atoms. The predicted molar refractivity (Wildman–Crippen MR) is 133 cm³/mol. The molecule has 3 rings (SSSR count). The first kappa shape index (κ1) is 25.4. The number of rotatable bonds is 13. The first-order valence-electron chi connectivity index (χ1n) is 11.3. The second-order valence-electron chi connectivity index (χ2n) is 8.43. The SMILES string of the molecule is CNC[C@@H](COc1cc(OC)cc(-c2cc(N(C)CCOC)n3ncc(C(C)C)c3n2)c1)N=O. The second kappa shape index (κ2) is 11.8. The first-order chi connectivity index (χ1) is 16.4. The Hall–Kier alpha value is -3.24. The summed E-state index contributed by atoms with van der Waals surface area (Å²) < 4.78 is 18.5. The molecule has 0 saturated heterocycles. The van der Waals surface area contributed by atoms with Gasteiger partial charge in [-0.25, -0.2) is 4.98 Å². The normalized spacial score (nSPS) is 12.2. The molecule has 10 heteroatoms. The Kier molecular flexibility index (Phi) is 8.78. The van der Waals surface area contributed by atoms with Gasteiger partial charge >= 0.3 is 0 Å². The van der Waals surface area contributed by atoms with E-state index >= 15 is 0 Å². The molecule has 0 saturated carbocycles. The molecule has 0 fully saturated rings. The van der Waals surface area contributed by atoms with Crippen LogP contribution in [0.25, 0.3) is 16.9 Å². The van der Waals surface area contributed by atoms with Gasteiger partial charge in [-0.05, 0) is 25.1 Å². The monoisotopic (exact) mass is 470 g/mol. The highest BCUT2D eigenvalue weighted by molar-refractivity contribution is 5.70. The third-order valence-corrected chi connectivity index (χ3v) is 5.57. The van der Waals surface area contributed by atoms with Gasteiger partial charge in [0.05, 0.1) is 25.6 Å². The van der Waals surface area contributed by atoms with Gasteiger partial charge < -0.3 is 24.4 Å². The number of nitrogens with one attached hydrogen (secondary N) is 1. The minimum Gasteiger partial charge on any atom is -0.497 e. The molecule has 0 aliphatic heterocycles. The lowest BCUT2D eigenvalue weighted by Crippen LogP contribution is -2.27. The Morgan fingerprint density at radius 1 is 1.18 bits per heavy atom. The van der Waals surface area contributed by atoms with Gasteiger partial charge in [-0.1, -0.05) is 19.0 Å². The van der Waals surface area contributed by atoms with Gasteiger partial charge in [0.1, 0.15) is 30.0 Å². The van der Waals surface area contributed by atoms with E-state index in [1.165, 1.54) is 0 Å². The maximum atomic E-state index is 11.1. The van der Waals surface area contributed by atoms with Crippen LogP contribution in [0.5, 0.6) is 11.5 Å². The summed E-state index contributed by atoms with van der Waals surface area (Å²) in [6, 6.07) is 7.10. The van der Waals surface area contributed by atoms with Crippen molar-refractivity contribution < 1.29 is 14.2 Å². The first-order valence-corrected chi connectivity index (χ1v) is 11.3. The van der Waals surface area contributed by atoms with Gasteiger partial charge in [-0.15, -0.1) is 0 Å². The van der Waals surface area contributed by atoms with Crippen molar-refractivity contribution in [1.29, 1.82) is 0 Å². The van der Waals surface area contributed by atoms with E-state index in [1.807, 2.05) is 36.0 Å². The summed E-state index contributed by atoms with van der Waals surface area (Å²) in [5.74, 6) is 2.37. The van der Waals surface area contributed by atoms with Gasteiger partial charge in [-0.3, -0.25) is 0 Å². The Bertz CT molecular complexity index is 1100. The number of fused-ring (bicyclic) bond motifs is 1. The zero-order valence-corrected chi connectivity index (χ0v) is 20.7. The van der Waals surface area contributed by atoms with Gasteiger partial charge in [0.2, 0.25) is 0 Å². The van der Waals surface area contributed by atoms with Crippen LogP contribution in [0.4, 0.5) is 5.82 Å². The Morgan fingerprint density at radius 2 is 1.94 bits per heavy atom. The lowest BCUT2D eigenvalue weighted by atomic mass is 10.1. The largest absolute Gasteiger partial charge is 0.497 e. The number of anilines is 1. The van der Waals surface area contributed by atoms with Crippen molar-refractivity contribution >= 4 is 11.5 Å². The van der Waals surface area contributed by atoms with E-state index in [0.717, 1.165) is 28.3 Å². The molecule has 2 aromatic heterocycles. The average molecular weight is 471 g/mol. The molecule has 184 valence electrons. The zero-order valence-electron chi connectivity index (χ0n) is 20.7. The maximum Gasteiger partial charge on any atom is 0.161 e. The third kappa shape index (κ3) is 5.81. The summed E-state index contributed by atoms with van der Waals surface area (Å²) in [5.41, 5.74) is 3.46. The number of likely N-dealkylation sites (N-methyl/N-ethyl adjacent to an activating group) is 2. The van der Waals surface area contributed by atoms with Gasteiger partial charge in [0, 0.05) is 50.5 Å². The molecule has 1 N–H and O–H groups in total. The van der Waals surface area contributed by atoms with Crippen molar-refractivity contribution in [3.05, 3.63) is 40.9 Å². The number of nitroso groups, excluding NO2 is 1. The molecular weight excluding hydrogens is 436 g/mol. The molecule has 0 aliphatic rings. The highest BCUT2D eigenvalue weighted by atomic mass is 16.5. The molecule has 0 unspecified atom stereocenters. The molecule has 0 amide bonds. The highest BCUT2D eigenvalue weighted by Gasteiger charge is 2.18. The van der Waals surface area contributed by atoms with Crippen molar-refractivity contribution in [3.8, 4) is 22.8 Å². The van der Waals surface area contributed by atoms with E-state index in [0.29, 0.717) is 31.2 Å². The van der Waals surface area contributed by atoms with Crippen LogP contribution in [0.2, 0.25) is 0 Å². The van der Waals surface area contributed by atoms with Gasteiger partial charge in [-0.2, -0.15) is 14.5 Å². The van der Waals surface area contributed by atoms with Crippen molar-refractivity contribution in [2.24, 2.45) is 5.18 Å². The van der Waals surface area contributed by atoms with Crippen LogP contribution in [0.3, 0.4) is 0 Å². The lowest BCUT2D eigenvalue weighted by Gasteiger charge is -2.21. The topological polar surface area (TPSA) is 103 Å². The standard InChI is InChI=1S/C24H34N6O4/c1-16(2)21-14-26-30-23(29(4)7-8-32-5)12-22(27-24(21)30)17-9-19(33-6)11-20(10-17)34-15-18(28-31)13-25-3/h9-12,14,16,18,25H,7-8,13,15H2,1-6H3/t18-/m0/s1. The Labute approximate surface area is 200 Å². The van der Waals surface area contributed by atoms with Gasteiger partial charge in [0.15, 0.2) is 5.65 Å². The molecule has 1 aromatic carbocycles. The summed E-state index contributed by atoms with van der Waals surface area (Å²) in [6.45, 7) is 6.14. The number of hydrogen-bond donors (Lipinski definition) is 1. The van der Waals surface area contributed by atoms with Crippen molar-refractivity contribution in [2.75, 3.05) is 59.5 Å². The molecular formula is C24H34N6O4. The number of methoxy groups -OCH3 is 2. The summed E-state index contributed by atoms with van der Waals surface area (Å²) >= 11 is 0. The van der Waals surface area contributed by atoms with Crippen LogP contribution in [0.15, 0.2) is 35.6 Å². The summed E-state index contributed by atoms with van der Waals surface area (Å²) in [7, 11) is 7.06. The minimum atomic E-state index is -0.490. The molecule has 3 aromatic rings. The van der Waals surface area contributed by atoms with E-state index in [9.17, 15) is 4.91 Å². The number of nitrogens with zero attached hydrogens (tertiary/aromatic N) is 5. The van der Waals surface area contributed by atoms with E-state index < -0.39 is 6.04 Å². The Balaban J connectivity index is 2.07. The third-order valence-electron chi connectivity index (χ3n) is 5.57. The molecule has 2 heterocycles. The number of benzene rings is 1. The van der Waals surface area contributed by atoms with E-state index in [4.69, 9.17) is 19.2 Å². The minimum absolute atomic E-state index is 0.161. The molecule has 0 aliphatic carbocycles. The van der Waals surface area contributed by atoms with Crippen LogP contribution in [0, 0.1) is 4.91 Å². The molecule has 10 nitrogen and oxygen atoms in total. The van der Waals surface area contributed by atoms with Crippen LogP contribution in [0.1, 0.15) is 25.3 Å². The smallest absolute Gasteiger partial charge is 0.161 e.